The number of carbonyl (C=O) groups is 1. The molecular weight excluding hydrogens is 346 g/mol. The van der Waals surface area contributed by atoms with Gasteiger partial charge in [-0.3, -0.25) is 4.79 Å². The van der Waals surface area contributed by atoms with Crippen molar-refractivity contribution in [1.29, 1.82) is 0 Å². The van der Waals surface area contributed by atoms with E-state index in [2.05, 4.69) is 22.5 Å². The standard InChI is InChI=1S/C16H21N3O3S2/c1-3-4-9-17-15(20)10-13-11-23-16(19-13)18-12-5-7-14(8-6-12)24(2,21)22/h5-8,11H,3-4,9-10H2,1-2H3,(H,17,20)(H,18,19). The lowest BCUT2D eigenvalue weighted by Crippen LogP contribution is -2.26. The van der Waals surface area contributed by atoms with Crippen LogP contribution < -0.4 is 10.6 Å². The zero-order valence-corrected chi connectivity index (χ0v) is 15.3. The quantitative estimate of drug-likeness (QED) is 0.701. The van der Waals surface area contributed by atoms with Crippen LogP contribution >= 0.6 is 11.3 Å². The van der Waals surface area contributed by atoms with Crippen LogP contribution in [0.25, 0.3) is 0 Å². The molecule has 2 aromatic rings. The normalized spacial score (nSPS) is 11.2. The van der Waals surface area contributed by atoms with Crippen LogP contribution in [0.5, 0.6) is 0 Å². The fourth-order valence-electron chi connectivity index (χ4n) is 1.99. The van der Waals surface area contributed by atoms with E-state index in [0.29, 0.717) is 17.4 Å². The highest BCUT2D eigenvalue weighted by atomic mass is 32.2. The highest BCUT2D eigenvalue weighted by molar-refractivity contribution is 7.90. The van der Waals surface area contributed by atoms with E-state index >= 15 is 0 Å². The van der Waals surface area contributed by atoms with Gasteiger partial charge < -0.3 is 10.6 Å². The lowest BCUT2D eigenvalue weighted by atomic mass is 10.3. The molecule has 8 heteroatoms. The molecule has 0 aliphatic heterocycles. The van der Waals surface area contributed by atoms with Crippen molar-refractivity contribution in [2.24, 2.45) is 0 Å². The Hall–Kier alpha value is -1.93. The van der Waals surface area contributed by atoms with Crippen LogP contribution in [0, 0.1) is 0 Å². The van der Waals surface area contributed by atoms with Crippen LogP contribution in [0.3, 0.4) is 0 Å². The number of thiazole rings is 1. The first-order chi connectivity index (χ1) is 11.4. The first-order valence-corrected chi connectivity index (χ1v) is 10.4. The summed E-state index contributed by atoms with van der Waals surface area (Å²) in [6.07, 6.45) is 3.45. The van der Waals surface area contributed by atoms with Gasteiger partial charge in [-0.25, -0.2) is 13.4 Å². The van der Waals surface area contributed by atoms with E-state index in [0.717, 1.165) is 18.5 Å². The summed E-state index contributed by atoms with van der Waals surface area (Å²) >= 11 is 1.40. The number of sulfone groups is 1. The number of carbonyl (C=O) groups excluding carboxylic acids is 1. The predicted octanol–water partition coefficient (Wildman–Crippen LogP) is 2.75. The third-order valence-corrected chi connectivity index (χ3v) is 5.21. The fraction of sp³-hybridized carbons (Fsp3) is 0.375. The molecule has 0 fully saturated rings. The molecule has 2 rings (SSSR count). The van der Waals surface area contributed by atoms with Gasteiger partial charge in [-0.05, 0) is 30.7 Å². The maximum Gasteiger partial charge on any atom is 0.226 e. The molecule has 0 saturated heterocycles. The Kier molecular flexibility index (Phi) is 6.33. The summed E-state index contributed by atoms with van der Waals surface area (Å²) < 4.78 is 22.9. The molecule has 1 aromatic carbocycles. The van der Waals surface area contributed by atoms with Crippen LogP contribution in [-0.2, 0) is 21.1 Å². The van der Waals surface area contributed by atoms with Crippen LogP contribution in [0.1, 0.15) is 25.5 Å². The van der Waals surface area contributed by atoms with Crippen molar-refractivity contribution in [1.82, 2.24) is 10.3 Å². The molecule has 6 nitrogen and oxygen atoms in total. The second kappa shape index (κ2) is 8.25. The van der Waals surface area contributed by atoms with E-state index in [1.807, 2.05) is 5.38 Å². The Labute approximate surface area is 146 Å². The topological polar surface area (TPSA) is 88.2 Å². The van der Waals surface area contributed by atoms with Crippen LogP contribution in [-0.4, -0.2) is 32.1 Å². The van der Waals surface area contributed by atoms with Crippen molar-refractivity contribution >= 4 is 37.9 Å². The average Bonchev–Trinajstić information content (AvgIpc) is 2.94. The minimum atomic E-state index is -3.20. The number of rotatable bonds is 8. The first-order valence-electron chi connectivity index (χ1n) is 7.66. The smallest absolute Gasteiger partial charge is 0.226 e. The molecular formula is C16H21N3O3S2. The van der Waals surface area contributed by atoms with Crippen LogP contribution in [0.2, 0.25) is 0 Å². The molecule has 0 aliphatic rings. The third-order valence-electron chi connectivity index (χ3n) is 3.28. The molecule has 1 aromatic heterocycles. The van der Waals surface area contributed by atoms with E-state index < -0.39 is 9.84 Å². The Balaban J connectivity index is 1.92. The summed E-state index contributed by atoms with van der Waals surface area (Å²) in [4.78, 5) is 16.4. The molecule has 24 heavy (non-hydrogen) atoms. The van der Waals surface area contributed by atoms with Gasteiger partial charge in [-0.15, -0.1) is 11.3 Å². The summed E-state index contributed by atoms with van der Waals surface area (Å²) in [5, 5.41) is 8.47. The fourth-order valence-corrected chi connectivity index (χ4v) is 3.35. The van der Waals surface area contributed by atoms with Crippen molar-refractivity contribution < 1.29 is 13.2 Å². The van der Waals surface area contributed by atoms with Crippen molar-refractivity contribution in [3.8, 4) is 0 Å². The second-order valence-electron chi connectivity index (χ2n) is 5.45. The minimum absolute atomic E-state index is 0.0298. The number of hydrogen-bond donors (Lipinski definition) is 2. The zero-order chi connectivity index (χ0) is 17.6. The molecule has 130 valence electrons. The van der Waals surface area contributed by atoms with Gasteiger partial charge in [0.15, 0.2) is 15.0 Å². The van der Waals surface area contributed by atoms with E-state index in [-0.39, 0.29) is 17.2 Å². The SMILES string of the molecule is CCCCNC(=O)Cc1csc(Nc2ccc(S(C)(=O)=O)cc2)n1. The monoisotopic (exact) mass is 367 g/mol. The molecule has 0 saturated carbocycles. The predicted molar refractivity (Wildman–Crippen MR) is 96.6 cm³/mol. The highest BCUT2D eigenvalue weighted by Crippen LogP contribution is 2.22. The maximum atomic E-state index is 11.8. The molecule has 0 bridgehead atoms. The molecule has 1 amide bonds. The number of unbranched alkanes of at least 4 members (excludes halogenated alkanes) is 1. The van der Waals surface area contributed by atoms with Gasteiger partial charge in [0.2, 0.25) is 5.91 Å². The van der Waals surface area contributed by atoms with Crippen LogP contribution in [0.15, 0.2) is 34.5 Å². The molecule has 0 atom stereocenters. The number of benzene rings is 1. The lowest BCUT2D eigenvalue weighted by molar-refractivity contribution is -0.120. The molecule has 1 heterocycles. The van der Waals surface area contributed by atoms with Crippen molar-refractivity contribution in [3.63, 3.8) is 0 Å². The van der Waals surface area contributed by atoms with Gasteiger partial charge in [-0.1, -0.05) is 13.3 Å². The van der Waals surface area contributed by atoms with E-state index in [4.69, 9.17) is 0 Å². The van der Waals surface area contributed by atoms with Crippen molar-refractivity contribution in [3.05, 3.63) is 35.3 Å². The zero-order valence-electron chi connectivity index (χ0n) is 13.7. The summed E-state index contributed by atoms with van der Waals surface area (Å²) in [7, 11) is -3.20. The first kappa shape index (κ1) is 18.4. The maximum absolute atomic E-state index is 11.8. The van der Waals surface area contributed by atoms with E-state index in [9.17, 15) is 13.2 Å². The summed E-state index contributed by atoms with van der Waals surface area (Å²) in [5.74, 6) is -0.0298. The number of hydrogen-bond acceptors (Lipinski definition) is 6. The number of nitrogens with one attached hydrogen (secondary N) is 2. The summed E-state index contributed by atoms with van der Waals surface area (Å²) in [5.41, 5.74) is 1.46. The van der Waals surface area contributed by atoms with Gasteiger partial charge in [-0.2, -0.15) is 0 Å². The second-order valence-corrected chi connectivity index (χ2v) is 8.32. The third kappa shape index (κ3) is 5.61. The molecule has 0 aliphatic carbocycles. The number of aromatic nitrogens is 1. The molecule has 0 radical (unpaired) electrons. The number of anilines is 2. The Morgan fingerprint density at radius 3 is 2.58 bits per heavy atom. The average molecular weight is 367 g/mol. The van der Waals surface area contributed by atoms with E-state index in [1.54, 1.807) is 24.3 Å². The Morgan fingerprint density at radius 1 is 1.25 bits per heavy atom. The largest absolute Gasteiger partial charge is 0.356 e. The van der Waals surface area contributed by atoms with Gasteiger partial charge in [0, 0.05) is 23.9 Å². The number of nitrogens with zero attached hydrogens (tertiary/aromatic N) is 1. The number of amides is 1. The highest BCUT2D eigenvalue weighted by Gasteiger charge is 2.09. The lowest BCUT2D eigenvalue weighted by Gasteiger charge is -2.04. The summed E-state index contributed by atoms with van der Waals surface area (Å²) in [6, 6.07) is 6.48. The molecule has 2 N–H and O–H groups in total. The molecule has 0 unspecified atom stereocenters. The van der Waals surface area contributed by atoms with Gasteiger partial charge in [0.25, 0.3) is 0 Å². The van der Waals surface area contributed by atoms with E-state index in [1.165, 1.54) is 17.6 Å². The Bertz CT molecular complexity index is 783. The minimum Gasteiger partial charge on any atom is -0.356 e. The van der Waals surface area contributed by atoms with Gasteiger partial charge >= 0.3 is 0 Å². The van der Waals surface area contributed by atoms with Crippen molar-refractivity contribution in [2.75, 3.05) is 18.1 Å². The molecule has 0 spiro atoms. The Morgan fingerprint density at radius 2 is 1.96 bits per heavy atom. The van der Waals surface area contributed by atoms with Crippen molar-refractivity contribution in [2.45, 2.75) is 31.1 Å². The van der Waals surface area contributed by atoms with Gasteiger partial charge in [0.05, 0.1) is 17.0 Å². The summed E-state index contributed by atoms with van der Waals surface area (Å²) in [6.45, 7) is 2.77. The van der Waals surface area contributed by atoms with Crippen LogP contribution in [0.4, 0.5) is 10.8 Å². The van der Waals surface area contributed by atoms with Gasteiger partial charge in [0.1, 0.15) is 0 Å².